The van der Waals surface area contributed by atoms with Crippen molar-refractivity contribution in [1.29, 1.82) is 0 Å². The summed E-state index contributed by atoms with van der Waals surface area (Å²) in [6, 6.07) is 3.41. The van der Waals surface area contributed by atoms with Gasteiger partial charge in [0.2, 0.25) is 5.91 Å². The molecular formula is C21H25BrF2N4O. The van der Waals surface area contributed by atoms with Crippen molar-refractivity contribution in [1.82, 2.24) is 14.5 Å². The minimum absolute atomic E-state index is 0.00169. The third-order valence-corrected chi connectivity index (χ3v) is 6.47. The third-order valence-electron chi connectivity index (χ3n) is 5.78. The standard InChI is InChI=1S/C21H25BrF2N4O/c1-12(2)20-25-21(18-11-26(13(3)29)7-8-28(18)20)27-6-4-5-14-9-16(22)15(19(23)24)10-17(14)27/h9-10,12,19H,4-8,11H2,1-3H3. The summed E-state index contributed by atoms with van der Waals surface area (Å²) < 4.78 is 29.7. The highest BCUT2D eigenvalue weighted by Gasteiger charge is 2.31. The van der Waals surface area contributed by atoms with Crippen LogP contribution in [0.2, 0.25) is 0 Å². The van der Waals surface area contributed by atoms with E-state index in [1.54, 1.807) is 13.0 Å². The highest BCUT2D eigenvalue weighted by Crippen LogP contribution is 2.41. The predicted octanol–water partition coefficient (Wildman–Crippen LogP) is 5.15. The Bertz CT molecular complexity index is 957. The maximum atomic E-state index is 13.5. The summed E-state index contributed by atoms with van der Waals surface area (Å²) in [7, 11) is 0. The number of anilines is 2. The van der Waals surface area contributed by atoms with Crippen molar-refractivity contribution >= 4 is 33.3 Å². The molecule has 0 saturated carbocycles. The first-order valence-electron chi connectivity index (χ1n) is 10.0. The van der Waals surface area contributed by atoms with Crippen molar-refractivity contribution in [3.63, 3.8) is 0 Å². The molecule has 5 nitrogen and oxygen atoms in total. The lowest BCUT2D eigenvalue weighted by atomic mass is 9.99. The molecule has 1 aromatic carbocycles. The molecule has 0 spiro atoms. The molecule has 156 valence electrons. The normalized spacial score (nSPS) is 16.4. The van der Waals surface area contributed by atoms with Crippen LogP contribution in [0.3, 0.4) is 0 Å². The molecule has 0 unspecified atom stereocenters. The zero-order chi connectivity index (χ0) is 20.9. The number of benzene rings is 1. The number of rotatable bonds is 3. The van der Waals surface area contributed by atoms with E-state index < -0.39 is 6.43 Å². The van der Waals surface area contributed by atoms with E-state index in [-0.39, 0.29) is 17.4 Å². The van der Waals surface area contributed by atoms with Gasteiger partial charge in [0.05, 0.1) is 12.2 Å². The number of aryl methyl sites for hydroxylation is 1. The fourth-order valence-corrected chi connectivity index (χ4v) is 4.87. The quantitative estimate of drug-likeness (QED) is 0.627. The first kappa shape index (κ1) is 20.3. The average molecular weight is 467 g/mol. The molecule has 2 aromatic rings. The number of halogens is 3. The van der Waals surface area contributed by atoms with Crippen molar-refractivity contribution in [2.24, 2.45) is 0 Å². The van der Waals surface area contributed by atoms with Gasteiger partial charge in [-0.05, 0) is 30.5 Å². The second kappa shape index (κ2) is 7.70. The first-order chi connectivity index (χ1) is 13.8. The Kier molecular flexibility index (Phi) is 5.40. The molecule has 4 rings (SSSR count). The summed E-state index contributed by atoms with van der Waals surface area (Å²) in [4.78, 5) is 20.8. The summed E-state index contributed by atoms with van der Waals surface area (Å²) in [5, 5.41) is 0. The molecule has 8 heteroatoms. The molecule has 0 atom stereocenters. The lowest BCUT2D eigenvalue weighted by Crippen LogP contribution is -2.38. The SMILES string of the molecule is CC(=O)N1CCn2c(C(C)C)nc(N3CCCc4cc(Br)c(C(F)F)cc43)c2C1. The van der Waals surface area contributed by atoms with Crippen LogP contribution in [0.25, 0.3) is 0 Å². The van der Waals surface area contributed by atoms with Gasteiger partial charge in [-0.1, -0.05) is 29.8 Å². The molecular weight excluding hydrogens is 442 g/mol. The van der Waals surface area contributed by atoms with Crippen LogP contribution in [0.4, 0.5) is 20.3 Å². The van der Waals surface area contributed by atoms with E-state index in [4.69, 9.17) is 4.98 Å². The molecule has 0 saturated heterocycles. The average Bonchev–Trinajstić information content (AvgIpc) is 3.05. The second-order valence-corrected chi connectivity index (χ2v) is 8.90. The van der Waals surface area contributed by atoms with Gasteiger partial charge in [0.15, 0.2) is 5.82 Å². The molecule has 0 fully saturated rings. The summed E-state index contributed by atoms with van der Waals surface area (Å²) in [5.74, 6) is 2.05. The molecule has 1 aromatic heterocycles. The van der Waals surface area contributed by atoms with Crippen molar-refractivity contribution in [3.8, 4) is 0 Å². The minimum Gasteiger partial charge on any atom is -0.335 e. The zero-order valence-corrected chi connectivity index (χ0v) is 18.5. The number of nitrogens with zero attached hydrogens (tertiary/aromatic N) is 4. The zero-order valence-electron chi connectivity index (χ0n) is 16.9. The highest BCUT2D eigenvalue weighted by molar-refractivity contribution is 9.10. The summed E-state index contributed by atoms with van der Waals surface area (Å²) in [6.45, 7) is 8.38. The molecule has 2 aliphatic rings. The second-order valence-electron chi connectivity index (χ2n) is 8.05. The van der Waals surface area contributed by atoms with Crippen LogP contribution in [0.1, 0.15) is 62.2 Å². The van der Waals surface area contributed by atoms with E-state index >= 15 is 0 Å². The van der Waals surface area contributed by atoms with Gasteiger partial charge in [-0.3, -0.25) is 4.79 Å². The van der Waals surface area contributed by atoms with Gasteiger partial charge in [-0.15, -0.1) is 0 Å². The minimum atomic E-state index is -2.55. The van der Waals surface area contributed by atoms with Gasteiger partial charge in [0.1, 0.15) is 5.82 Å². The van der Waals surface area contributed by atoms with Crippen LogP contribution < -0.4 is 4.90 Å². The number of carbonyl (C=O) groups is 1. The van der Waals surface area contributed by atoms with Crippen molar-refractivity contribution in [2.45, 2.75) is 59.0 Å². The van der Waals surface area contributed by atoms with Gasteiger partial charge >= 0.3 is 0 Å². The Morgan fingerprint density at radius 2 is 1.97 bits per heavy atom. The fraction of sp³-hybridized carbons (Fsp3) is 0.524. The largest absolute Gasteiger partial charge is 0.335 e. The van der Waals surface area contributed by atoms with Crippen LogP contribution in [-0.4, -0.2) is 33.4 Å². The molecule has 2 aliphatic heterocycles. The Morgan fingerprint density at radius 3 is 2.62 bits per heavy atom. The Hall–Kier alpha value is -1.96. The van der Waals surface area contributed by atoms with Gasteiger partial charge < -0.3 is 14.4 Å². The number of fused-ring (bicyclic) bond motifs is 2. The van der Waals surface area contributed by atoms with E-state index in [9.17, 15) is 13.6 Å². The van der Waals surface area contributed by atoms with Crippen molar-refractivity contribution in [3.05, 3.63) is 39.3 Å². The highest BCUT2D eigenvalue weighted by atomic mass is 79.9. The molecule has 0 N–H and O–H groups in total. The number of carbonyl (C=O) groups excluding carboxylic acids is 1. The first-order valence-corrected chi connectivity index (χ1v) is 10.8. The van der Waals surface area contributed by atoms with Gasteiger partial charge in [0.25, 0.3) is 6.43 Å². The summed E-state index contributed by atoms with van der Waals surface area (Å²) in [5.41, 5.74) is 2.83. The molecule has 1 amide bonds. The number of hydrogen-bond donors (Lipinski definition) is 0. The molecule has 3 heterocycles. The Balaban J connectivity index is 1.85. The summed E-state index contributed by atoms with van der Waals surface area (Å²) >= 11 is 3.30. The van der Waals surface area contributed by atoms with E-state index in [2.05, 4.69) is 39.2 Å². The third kappa shape index (κ3) is 3.56. The topological polar surface area (TPSA) is 41.4 Å². The van der Waals surface area contributed by atoms with Gasteiger partial charge in [0, 0.05) is 48.2 Å². The van der Waals surface area contributed by atoms with Crippen molar-refractivity contribution < 1.29 is 13.6 Å². The molecule has 0 aliphatic carbocycles. The van der Waals surface area contributed by atoms with Crippen LogP contribution in [0, 0.1) is 0 Å². The van der Waals surface area contributed by atoms with E-state index in [0.717, 1.165) is 48.0 Å². The lowest BCUT2D eigenvalue weighted by Gasteiger charge is -2.34. The molecule has 0 bridgehead atoms. The number of aromatic nitrogens is 2. The van der Waals surface area contributed by atoms with Crippen LogP contribution in [0.5, 0.6) is 0 Å². The Morgan fingerprint density at radius 1 is 1.21 bits per heavy atom. The maximum absolute atomic E-state index is 13.5. The van der Waals surface area contributed by atoms with Crippen LogP contribution in [0.15, 0.2) is 16.6 Å². The van der Waals surface area contributed by atoms with E-state index in [0.29, 0.717) is 24.1 Å². The number of imidazole rings is 1. The smallest absolute Gasteiger partial charge is 0.265 e. The predicted molar refractivity (Wildman–Crippen MR) is 112 cm³/mol. The fourth-order valence-electron chi connectivity index (χ4n) is 4.31. The monoisotopic (exact) mass is 466 g/mol. The molecule has 0 radical (unpaired) electrons. The van der Waals surface area contributed by atoms with Crippen molar-refractivity contribution in [2.75, 3.05) is 18.0 Å². The van der Waals surface area contributed by atoms with E-state index in [1.807, 2.05) is 11.0 Å². The Labute approximate surface area is 177 Å². The number of alkyl halides is 2. The summed E-state index contributed by atoms with van der Waals surface area (Å²) in [6.07, 6.45) is -0.776. The van der Waals surface area contributed by atoms with Gasteiger partial charge in [-0.2, -0.15) is 0 Å². The van der Waals surface area contributed by atoms with E-state index in [1.165, 1.54) is 0 Å². The van der Waals surface area contributed by atoms with Crippen LogP contribution in [-0.2, 0) is 24.3 Å². The van der Waals surface area contributed by atoms with Gasteiger partial charge in [-0.25, -0.2) is 13.8 Å². The molecule has 29 heavy (non-hydrogen) atoms. The number of hydrogen-bond acceptors (Lipinski definition) is 3. The maximum Gasteiger partial charge on any atom is 0.265 e. The lowest BCUT2D eigenvalue weighted by molar-refractivity contribution is -0.130. The van der Waals surface area contributed by atoms with Crippen LogP contribution >= 0.6 is 15.9 Å². The number of amides is 1.